The van der Waals surface area contributed by atoms with E-state index in [1.165, 1.54) is 31.9 Å². The van der Waals surface area contributed by atoms with Gasteiger partial charge in [0.1, 0.15) is 9.84 Å². The van der Waals surface area contributed by atoms with Gasteiger partial charge in [-0.2, -0.15) is 0 Å². The minimum Gasteiger partial charge on any atom is -0.379 e. The number of nitrogens with zero attached hydrogens (tertiary/aromatic N) is 1. The zero-order valence-corrected chi connectivity index (χ0v) is 15.0. The topological polar surface area (TPSA) is 79.8 Å². The molecule has 0 radical (unpaired) electrons. The number of aliphatic imine (C=N–C) groups is 1. The molecule has 0 bridgehead atoms. The Balaban J connectivity index is 2.25. The molecule has 7 heteroatoms. The van der Waals surface area contributed by atoms with Gasteiger partial charge in [-0.25, -0.2) is 8.42 Å². The van der Waals surface area contributed by atoms with Crippen LogP contribution < -0.4 is 10.6 Å². The number of guanidine groups is 1. The van der Waals surface area contributed by atoms with Gasteiger partial charge < -0.3 is 15.4 Å². The van der Waals surface area contributed by atoms with Crippen LogP contribution in [0.2, 0.25) is 0 Å². The van der Waals surface area contributed by atoms with Crippen LogP contribution in [0.15, 0.2) is 4.99 Å². The number of nitrogens with one attached hydrogen (secondary N) is 2. The van der Waals surface area contributed by atoms with Crippen molar-refractivity contribution in [1.29, 1.82) is 0 Å². The van der Waals surface area contributed by atoms with Crippen molar-refractivity contribution in [2.75, 3.05) is 44.9 Å². The molecule has 22 heavy (non-hydrogen) atoms. The van der Waals surface area contributed by atoms with Crippen molar-refractivity contribution in [3.05, 3.63) is 0 Å². The van der Waals surface area contributed by atoms with E-state index in [9.17, 15) is 8.42 Å². The molecule has 0 heterocycles. The smallest absolute Gasteiger partial charge is 0.191 e. The summed E-state index contributed by atoms with van der Waals surface area (Å²) in [7, 11) is -2.94. The van der Waals surface area contributed by atoms with Gasteiger partial charge in [-0.15, -0.1) is 0 Å². The molecule has 1 rings (SSSR count). The average molecular weight is 333 g/mol. The summed E-state index contributed by atoms with van der Waals surface area (Å²) in [5, 5.41) is 6.46. The Kier molecular flexibility index (Phi) is 8.17. The molecule has 0 aromatic rings. The Morgan fingerprint density at radius 1 is 1.23 bits per heavy atom. The van der Waals surface area contributed by atoms with Gasteiger partial charge in [0.2, 0.25) is 0 Å². The molecule has 2 N–H and O–H groups in total. The average Bonchev–Trinajstić information content (AvgIpc) is 2.40. The van der Waals surface area contributed by atoms with E-state index >= 15 is 0 Å². The van der Waals surface area contributed by atoms with Gasteiger partial charge in [0.15, 0.2) is 5.96 Å². The molecule has 0 unspecified atom stereocenters. The monoisotopic (exact) mass is 333 g/mol. The van der Waals surface area contributed by atoms with Crippen molar-refractivity contribution in [2.45, 2.75) is 39.5 Å². The fourth-order valence-corrected chi connectivity index (χ4v) is 2.86. The highest BCUT2D eigenvalue weighted by Gasteiger charge is 2.34. The third kappa shape index (κ3) is 7.45. The highest BCUT2D eigenvalue weighted by molar-refractivity contribution is 7.90. The van der Waals surface area contributed by atoms with Crippen LogP contribution in [0.1, 0.15) is 39.5 Å². The first kappa shape index (κ1) is 19.2. The van der Waals surface area contributed by atoms with Crippen LogP contribution in [0.3, 0.4) is 0 Å². The minimum absolute atomic E-state index is 0.0696. The number of sulfone groups is 1. The van der Waals surface area contributed by atoms with Gasteiger partial charge in [0.25, 0.3) is 0 Å². The van der Waals surface area contributed by atoms with Gasteiger partial charge in [-0.1, -0.05) is 13.3 Å². The van der Waals surface area contributed by atoms with Crippen molar-refractivity contribution >= 4 is 15.8 Å². The van der Waals surface area contributed by atoms with Crippen molar-refractivity contribution in [3.63, 3.8) is 0 Å². The highest BCUT2D eigenvalue weighted by Crippen LogP contribution is 2.43. The molecular weight excluding hydrogens is 302 g/mol. The maximum Gasteiger partial charge on any atom is 0.191 e. The molecule has 0 amide bonds. The molecule has 0 atom stereocenters. The Hall–Kier alpha value is -0.820. The molecule has 0 aromatic heterocycles. The Morgan fingerprint density at radius 3 is 2.45 bits per heavy atom. The third-order valence-corrected chi connectivity index (χ3v) is 5.13. The third-order valence-electron chi connectivity index (χ3n) is 4.22. The lowest BCUT2D eigenvalue weighted by Gasteiger charge is -2.40. The highest BCUT2D eigenvalue weighted by atomic mass is 32.2. The summed E-state index contributed by atoms with van der Waals surface area (Å²) >= 11 is 0. The first-order chi connectivity index (χ1) is 10.4. The van der Waals surface area contributed by atoms with Crippen molar-refractivity contribution in [3.8, 4) is 0 Å². The largest absolute Gasteiger partial charge is 0.379 e. The molecule has 0 spiro atoms. The zero-order valence-electron chi connectivity index (χ0n) is 14.2. The summed E-state index contributed by atoms with van der Waals surface area (Å²) in [4.78, 5) is 4.68. The number of rotatable bonds is 10. The molecule has 0 aliphatic heterocycles. The van der Waals surface area contributed by atoms with E-state index in [2.05, 4.69) is 22.5 Å². The quantitative estimate of drug-likeness (QED) is 0.356. The molecule has 0 saturated heterocycles. The van der Waals surface area contributed by atoms with Crippen molar-refractivity contribution in [1.82, 2.24) is 10.6 Å². The van der Waals surface area contributed by atoms with Gasteiger partial charge in [0, 0.05) is 25.9 Å². The lowest BCUT2D eigenvalue weighted by Crippen LogP contribution is -2.41. The second kappa shape index (κ2) is 9.35. The minimum atomic E-state index is -2.94. The molecule has 1 saturated carbocycles. The van der Waals surface area contributed by atoms with E-state index in [0.29, 0.717) is 18.6 Å². The second-order valence-electron chi connectivity index (χ2n) is 6.07. The summed E-state index contributed by atoms with van der Waals surface area (Å²) in [6, 6.07) is 0. The predicted octanol–water partition coefficient (Wildman–Crippen LogP) is 1.18. The van der Waals surface area contributed by atoms with Crippen LogP contribution in [-0.4, -0.2) is 59.2 Å². The molecule has 1 aliphatic carbocycles. The van der Waals surface area contributed by atoms with Gasteiger partial charge >= 0.3 is 0 Å². The summed E-state index contributed by atoms with van der Waals surface area (Å²) < 4.78 is 27.3. The molecule has 0 aromatic carbocycles. The van der Waals surface area contributed by atoms with Crippen LogP contribution in [-0.2, 0) is 14.6 Å². The van der Waals surface area contributed by atoms with E-state index in [1.54, 1.807) is 0 Å². The lowest BCUT2D eigenvalue weighted by molar-refractivity contribution is 0.139. The maximum atomic E-state index is 11.0. The van der Waals surface area contributed by atoms with Crippen molar-refractivity contribution < 1.29 is 13.2 Å². The second-order valence-corrected chi connectivity index (χ2v) is 8.33. The fraction of sp³-hybridized carbons (Fsp3) is 0.933. The normalized spacial score (nSPS) is 17.9. The SMILES string of the molecule is CCNC(=NCC1(CC)CCC1)NCCOCCS(C)(=O)=O. The summed E-state index contributed by atoms with van der Waals surface area (Å²) in [6.45, 7) is 7.30. The van der Waals surface area contributed by atoms with Crippen LogP contribution in [0.25, 0.3) is 0 Å². The van der Waals surface area contributed by atoms with Crippen LogP contribution in [0.5, 0.6) is 0 Å². The van der Waals surface area contributed by atoms with Crippen LogP contribution in [0.4, 0.5) is 0 Å². The summed E-state index contributed by atoms with van der Waals surface area (Å²) in [5.74, 6) is 0.883. The molecule has 6 nitrogen and oxygen atoms in total. The number of hydrogen-bond acceptors (Lipinski definition) is 4. The van der Waals surface area contributed by atoms with E-state index in [4.69, 9.17) is 4.74 Å². The van der Waals surface area contributed by atoms with E-state index in [0.717, 1.165) is 19.0 Å². The first-order valence-electron chi connectivity index (χ1n) is 8.18. The first-order valence-corrected chi connectivity index (χ1v) is 10.2. The number of ether oxygens (including phenoxy) is 1. The Labute approximate surface area is 135 Å². The summed E-state index contributed by atoms with van der Waals surface area (Å²) in [6.07, 6.45) is 6.28. The fourth-order valence-electron chi connectivity index (χ4n) is 2.44. The van der Waals surface area contributed by atoms with E-state index in [-0.39, 0.29) is 12.4 Å². The van der Waals surface area contributed by atoms with E-state index < -0.39 is 9.84 Å². The zero-order chi connectivity index (χ0) is 16.5. The predicted molar refractivity (Wildman–Crippen MR) is 91.1 cm³/mol. The molecular formula is C15H31N3O3S. The summed E-state index contributed by atoms with van der Waals surface area (Å²) in [5.41, 5.74) is 0.411. The van der Waals surface area contributed by atoms with Crippen molar-refractivity contribution in [2.24, 2.45) is 10.4 Å². The van der Waals surface area contributed by atoms with Gasteiger partial charge in [0.05, 0.1) is 19.0 Å². The standard InChI is InChI=1S/C15H31N3O3S/c1-4-15(7-6-8-15)13-18-14(16-5-2)17-9-10-21-11-12-22(3,19)20/h4-13H2,1-3H3,(H2,16,17,18). The Morgan fingerprint density at radius 2 is 1.95 bits per heavy atom. The number of hydrogen-bond donors (Lipinski definition) is 2. The Bertz CT molecular complexity index is 439. The van der Waals surface area contributed by atoms with E-state index in [1.807, 2.05) is 6.92 Å². The van der Waals surface area contributed by atoms with Gasteiger partial charge in [-0.05, 0) is 31.6 Å². The maximum absolute atomic E-state index is 11.0. The molecule has 1 fully saturated rings. The lowest BCUT2D eigenvalue weighted by atomic mass is 9.67. The van der Waals surface area contributed by atoms with Crippen LogP contribution >= 0.6 is 0 Å². The molecule has 130 valence electrons. The molecule has 1 aliphatic rings. The van der Waals surface area contributed by atoms with Gasteiger partial charge in [-0.3, -0.25) is 4.99 Å². The van der Waals surface area contributed by atoms with Crippen LogP contribution in [0, 0.1) is 5.41 Å².